The van der Waals surface area contributed by atoms with Gasteiger partial charge in [-0.1, -0.05) is 76.9 Å². The van der Waals surface area contributed by atoms with E-state index < -0.39 is 6.10 Å². The molecule has 6 atom stereocenters. The minimum Gasteiger partial charge on any atom is -0.507 e. The summed E-state index contributed by atoms with van der Waals surface area (Å²) in [5.41, 5.74) is 2.68. The lowest BCUT2D eigenvalue weighted by molar-refractivity contribution is -0.135. The van der Waals surface area contributed by atoms with E-state index in [9.17, 15) is 15.0 Å². The number of hydrogen-bond acceptors (Lipinski definition) is 3. The van der Waals surface area contributed by atoms with E-state index in [2.05, 4.69) is 25.8 Å². The van der Waals surface area contributed by atoms with Crippen molar-refractivity contribution >= 4 is 5.91 Å². The van der Waals surface area contributed by atoms with E-state index in [1.165, 1.54) is 44.1 Å². The summed E-state index contributed by atoms with van der Waals surface area (Å²) in [6.07, 6.45) is 22.4. The Morgan fingerprint density at radius 2 is 1.83 bits per heavy atom. The summed E-state index contributed by atoms with van der Waals surface area (Å²) < 4.78 is 0. The molecule has 3 unspecified atom stereocenters. The monoisotopic (exact) mass is 491 g/mol. The maximum absolute atomic E-state index is 13.4. The van der Waals surface area contributed by atoms with Crippen molar-refractivity contribution in [1.82, 2.24) is 4.90 Å². The lowest BCUT2D eigenvalue weighted by atomic mass is 9.53. The Balaban J connectivity index is 1.50. The molecular weight excluding hydrogens is 446 g/mol. The highest BCUT2D eigenvalue weighted by Gasteiger charge is 2.56. The van der Waals surface area contributed by atoms with E-state index in [0.29, 0.717) is 18.4 Å². The standard InChI is InChI=1S/C32H45NO3/c1-5-7-8-9-10-11-12-13-14-30(36)33(4)27-20-23-21-28(34)22(6-2)19-25(23)24-17-18-32(3)26(31(24)27)15-16-29(32)35/h2,15-16,19,21,24,26-27,29,31,34-35H,5,7-14,17-18,20H2,1,3-4H3/t24?,26?,27-,29+,31?,32+/m1/s1. The van der Waals surface area contributed by atoms with Gasteiger partial charge < -0.3 is 15.1 Å². The Morgan fingerprint density at radius 3 is 2.53 bits per heavy atom. The van der Waals surface area contributed by atoms with Crippen LogP contribution in [-0.4, -0.2) is 40.2 Å². The third-order valence-corrected chi connectivity index (χ3v) is 9.63. The fourth-order valence-electron chi connectivity index (χ4n) is 7.34. The van der Waals surface area contributed by atoms with Crippen LogP contribution in [0.3, 0.4) is 0 Å². The molecule has 1 aromatic carbocycles. The van der Waals surface area contributed by atoms with Crippen LogP contribution in [0.25, 0.3) is 0 Å². The highest BCUT2D eigenvalue weighted by Crippen LogP contribution is 2.59. The number of hydrogen-bond donors (Lipinski definition) is 2. The smallest absolute Gasteiger partial charge is 0.222 e. The first-order valence-electron chi connectivity index (χ1n) is 14.3. The topological polar surface area (TPSA) is 60.8 Å². The van der Waals surface area contributed by atoms with Crippen LogP contribution >= 0.6 is 0 Å². The molecule has 0 heterocycles. The van der Waals surface area contributed by atoms with Gasteiger partial charge in [-0.25, -0.2) is 0 Å². The zero-order chi connectivity index (χ0) is 25.9. The molecule has 3 aliphatic rings. The fourth-order valence-corrected chi connectivity index (χ4v) is 7.34. The lowest BCUT2D eigenvalue weighted by Crippen LogP contribution is -2.55. The van der Waals surface area contributed by atoms with Crippen molar-refractivity contribution < 1.29 is 15.0 Å². The summed E-state index contributed by atoms with van der Waals surface area (Å²) in [5.74, 6) is 3.70. The number of rotatable bonds is 10. The van der Waals surface area contributed by atoms with Crippen molar-refractivity contribution in [2.24, 2.45) is 17.3 Å². The van der Waals surface area contributed by atoms with Crippen molar-refractivity contribution in [2.45, 2.75) is 109 Å². The number of nitrogens with zero attached hydrogens (tertiary/aromatic N) is 1. The van der Waals surface area contributed by atoms with Crippen molar-refractivity contribution in [3.05, 3.63) is 41.0 Å². The first-order chi connectivity index (χ1) is 17.3. The van der Waals surface area contributed by atoms with Crippen molar-refractivity contribution in [2.75, 3.05) is 7.05 Å². The number of fused-ring (bicyclic) bond motifs is 5. The molecule has 0 aliphatic heterocycles. The second kappa shape index (κ2) is 11.4. The fraction of sp³-hybridized carbons (Fsp3) is 0.656. The van der Waals surface area contributed by atoms with Crippen LogP contribution in [0.15, 0.2) is 24.3 Å². The normalized spacial score (nSPS) is 30.2. The van der Waals surface area contributed by atoms with E-state index in [0.717, 1.165) is 31.2 Å². The first-order valence-corrected chi connectivity index (χ1v) is 14.3. The third-order valence-electron chi connectivity index (χ3n) is 9.63. The molecule has 1 aromatic rings. The van der Waals surface area contributed by atoms with Gasteiger partial charge in [0.2, 0.25) is 5.91 Å². The van der Waals surface area contributed by atoms with Gasteiger partial charge in [-0.15, -0.1) is 6.42 Å². The second-order valence-corrected chi connectivity index (χ2v) is 11.8. The molecule has 0 radical (unpaired) electrons. The average Bonchev–Trinajstić information content (AvgIpc) is 3.18. The number of carbonyl (C=O) groups excluding carboxylic acids is 1. The van der Waals surface area contributed by atoms with E-state index in [-0.39, 0.29) is 40.9 Å². The number of carbonyl (C=O) groups is 1. The molecule has 0 saturated heterocycles. The Bertz CT molecular complexity index is 1010. The number of aromatic hydroxyl groups is 1. The predicted octanol–water partition coefficient (Wildman–Crippen LogP) is 6.33. The van der Waals surface area contributed by atoms with Crippen LogP contribution in [0.5, 0.6) is 5.75 Å². The summed E-state index contributed by atoms with van der Waals surface area (Å²) in [5, 5.41) is 21.3. The van der Waals surface area contributed by atoms with Crippen molar-refractivity contribution in [3.8, 4) is 18.1 Å². The van der Waals surface area contributed by atoms with Crippen LogP contribution in [-0.2, 0) is 11.2 Å². The van der Waals surface area contributed by atoms with Crippen LogP contribution in [0.2, 0.25) is 0 Å². The molecule has 36 heavy (non-hydrogen) atoms. The number of amides is 1. The first kappa shape index (κ1) is 26.8. The van der Waals surface area contributed by atoms with Crippen molar-refractivity contribution in [1.29, 1.82) is 0 Å². The maximum Gasteiger partial charge on any atom is 0.222 e. The molecular formula is C32H45NO3. The highest BCUT2D eigenvalue weighted by molar-refractivity contribution is 5.76. The molecule has 4 rings (SSSR count). The van der Waals surface area contributed by atoms with Crippen LogP contribution in [0.1, 0.15) is 107 Å². The molecule has 1 fully saturated rings. The number of aliphatic hydroxyl groups excluding tert-OH is 1. The van der Waals surface area contributed by atoms with Gasteiger partial charge in [0.25, 0.3) is 0 Å². The number of benzene rings is 1. The summed E-state index contributed by atoms with van der Waals surface area (Å²) >= 11 is 0. The molecule has 2 N–H and O–H groups in total. The quantitative estimate of drug-likeness (QED) is 0.228. The minimum absolute atomic E-state index is 0.0414. The number of unbranched alkanes of at least 4 members (excludes halogenated alkanes) is 7. The summed E-state index contributed by atoms with van der Waals surface area (Å²) in [7, 11) is 1.97. The Labute approximate surface area is 218 Å². The number of aliphatic hydroxyl groups is 1. The van der Waals surface area contributed by atoms with Gasteiger partial charge in [0.05, 0.1) is 11.7 Å². The number of allylic oxidation sites excluding steroid dienone is 1. The molecule has 4 nitrogen and oxygen atoms in total. The zero-order valence-corrected chi connectivity index (χ0v) is 22.5. The SMILES string of the molecule is C#Cc1cc2c(cc1O)C[C@@H](N(C)C(=O)CCCCCCCCCC)C1C2CC[C@@]2(C)C1C=C[C@@H]2O. The van der Waals surface area contributed by atoms with Gasteiger partial charge in [-0.2, -0.15) is 0 Å². The molecule has 0 bridgehead atoms. The average molecular weight is 492 g/mol. The number of phenols is 1. The number of likely N-dealkylation sites (N-methyl/N-ethyl adjacent to an activating group) is 1. The molecule has 0 aromatic heterocycles. The summed E-state index contributed by atoms with van der Waals surface area (Å²) in [6.45, 7) is 4.45. The second-order valence-electron chi connectivity index (χ2n) is 11.8. The largest absolute Gasteiger partial charge is 0.507 e. The summed E-state index contributed by atoms with van der Waals surface area (Å²) in [4.78, 5) is 15.4. The van der Waals surface area contributed by atoms with Gasteiger partial charge >= 0.3 is 0 Å². The highest BCUT2D eigenvalue weighted by atomic mass is 16.3. The number of terminal acetylenes is 1. The van der Waals surface area contributed by atoms with E-state index in [4.69, 9.17) is 6.42 Å². The third kappa shape index (κ3) is 5.10. The van der Waals surface area contributed by atoms with E-state index in [1.807, 2.05) is 30.2 Å². The zero-order valence-electron chi connectivity index (χ0n) is 22.5. The van der Waals surface area contributed by atoms with Gasteiger partial charge in [0.15, 0.2) is 0 Å². The van der Waals surface area contributed by atoms with Gasteiger partial charge in [0, 0.05) is 24.9 Å². The Hall–Kier alpha value is -2.25. The van der Waals surface area contributed by atoms with Crippen LogP contribution in [0.4, 0.5) is 0 Å². The van der Waals surface area contributed by atoms with Crippen LogP contribution in [0, 0.1) is 29.6 Å². The minimum atomic E-state index is -0.440. The predicted molar refractivity (Wildman–Crippen MR) is 146 cm³/mol. The number of phenolic OH excluding ortho intramolecular Hbond substituents is 1. The van der Waals surface area contributed by atoms with Crippen LogP contribution < -0.4 is 0 Å². The molecule has 3 aliphatic carbocycles. The molecule has 1 amide bonds. The molecule has 1 saturated carbocycles. The van der Waals surface area contributed by atoms with Crippen molar-refractivity contribution in [3.63, 3.8) is 0 Å². The van der Waals surface area contributed by atoms with Gasteiger partial charge in [-0.3, -0.25) is 4.79 Å². The molecule has 196 valence electrons. The van der Waals surface area contributed by atoms with Gasteiger partial charge in [-0.05, 0) is 66.7 Å². The summed E-state index contributed by atoms with van der Waals surface area (Å²) in [6, 6.07) is 3.87. The van der Waals surface area contributed by atoms with E-state index >= 15 is 0 Å². The Morgan fingerprint density at radius 1 is 1.14 bits per heavy atom. The lowest BCUT2D eigenvalue weighted by Gasteiger charge is -2.54. The maximum atomic E-state index is 13.4. The molecule has 4 heteroatoms. The Kier molecular flexibility index (Phi) is 8.51. The van der Waals surface area contributed by atoms with Gasteiger partial charge in [0.1, 0.15) is 5.75 Å². The molecule has 0 spiro atoms. The van der Waals surface area contributed by atoms with E-state index in [1.54, 1.807) is 0 Å².